The number of hydrogen-bond donors (Lipinski definition) is 2. The normalized spacial score (nSPS) is 15.1. The number of hydrogen-bond acceptors (Lipinski definition) is 6. The van der Waals surface area contributed by atoms with Crippen molar-refractivity contribution >= 4 is 52.2 Å². The molecule has 0 radical (unpaired) electrons. The molecule has 1 aliphatic rings. The van der Waals surface area contributed by atoms with Crippen LogP contribution in [0, 0.1) is 0 Å². The van der Waals surface area contributed by atoms with E-state index in [0.29, 0.717) is 16.9 Å². The van der Waals surface area contributed by atoms with Crippen LogP contribution in [-0.4, -0.2) is 38.7 Å². The molecule has 7 nitrogen and oxygen atoms in total. The molecular weight excluding hydrogens is 508 g/mol. The van der Waals surface area contributed by atoms with E-state index >= 15 is 0 Å². The van der Waals surface area contributed by atoms with E-state index in [2.05, 4.69) is 5.32 Å². The lowest BCUT2D eigenvalue weighted by Gasteiger charge is -2.17. The number of rotatable bonds is 9. The van der Waals surface area contributed by atoms with Gasteiger partial charge in [-0.1, -0.05) is 90.7 Å². The number of amides is 2. The summed E-state index contributed by atoms with van der Waals surface area (Å²) < 4.78 is 6.18. The Morgan fingerprint density at radius 1 is 1.08 bits per heavy atom. The van der Waals surface area contributed by atoms with Crippen molar-refractivity contribution < 1.29 is 24.2 Å². The van der Waals surface area contributed by atoms with Crippen molar-refractivity contribution in [2.24, 2.45) is 0 Å². The van der Waals surface area contributed by atoms with Crippen LogP contribution in [0.5, 0.6) is 5.75 Å². The molecule has 0 saturated carbocycles. The van der Waals surface area contributed by atoms with E-state index in [4.69, 9.17) is 22.1 Å². The summed E-state index contributed by atoms with van der Waals surface area (Å²) in [4.78, 5) is 38.5. The predicted octanol–water partition coefficient (Wildman–Crippen LogP) is 5.04. The number of carboxylic acids is 1. The summed E-state index contributed by atoms with van der Waals surface area (Å²) in [7, 11) is 0. The van der Waals surface area contributed by atoms with E-state index in [-0.39, 0.29) is 27.8 Å². The Labute approximate surface area is 224 Å². The Bertz CT molecular complexity index is 1360. The van der Waals surface area contributed by atoms with Gasteiger partial charge in [0.2, 0.25) is 0 Å². The van der Waals surface area contributed by atoms with Gasteiger partial charge >= 0.3 is 5.97 Å². The Kier molecular flexibility index (Phi) is 8.37. The maximum atomic E-state index is 13.4. The summed E-state index contributed by atoms with van der Waals surface area (Å²) in [5.41, 5.74) is 2.81. The number of thiocarbonyl (C=S) groups is 1. The van der Waals surface area contributed by atoms with Crippen LogP contribution in [0.2, 0.25) is 0 Å². The van der Waals surface area contributed by atoms with Gasteiger partial charge in [-0.15, -0.1) is 0 Å². The number of carbonyl (C=O) groups excluding carboxylic acids is 2. The number of carbonyl (C=O) groups is 3. The molecule has 1 atom stereocenters. The van der Waals surface area contributed by atoms with Crippen molar-refractivity contribution in [2.45, 2.75) is 19.6 Å². The fraction of sp³-hybridized carbons (Fsp3) is 0.143. The van der Waals surface area contributed by atoms with Gasteiger partial charge in [0, 0.05) is 0 Å². The van der Waals surface area contributed by atoms with Crippen LogP contribution in [-0.2, 0) is 16.2 Å². The van der Waals surface area contributed by atoms with E-state index in [1.54, 1.807) is 24.3 Å². The molecule has 1 aliphatic heterocycles. The molecule has 4 rings (SSSR count). The first-order chi connectivity index (χ1) is 17.8. The molecule has 0 spiro atoms. The van der Waals surface area contributed by atoms with Gasteiger partial charge in [0.1, 0.15) is 23.2 Å². The SMILES string of the molecule is CC(NC(=O)c1cc(/C=C2\SC(=S)N(CC(=O)O)C2=O)ccc1OCc1ccccc1)c1ccccc1. The zero-order chi connectivity index (χ0) is 26.4. The highest BCUT2D eigenvalue weighted by Gasteiger charge is 2.33. The molecule has 37 heavy (non-hydrogen) atoms. The lowest BCUT2D eigenvalue weighted by atomic mass is 10.1. The molecule has 1 fully saturated rings. The zero-order valence-corrected chi connectivity index (χ0v) is 21.6. The number of nitrogens with zero attached hydrogens (tertiary/aromatic N) is 1. The molecular formula is C28H24N2O5S2. The molecule has 2 N–H and O–H groups in total. The minimum Gasteiger partial charge on any atom is -0.488 e. The largest absolute Gasteiger partial charge is 0.488 e. The minimum absolute atomic E-state index is 0.177. The summed E-state index contributed by atoms with van der Waals surface area (Å²) in [6, 6.07) is 24.1. The monoisotopic (exact) mass is 532 g/mol. The molecule has 2 amide bonds. The molecule has 0 bridgehead atoms. The quantitative estimate of drug-likeness (QED) is 0.294. The van der Waals surface area contributed by atoms with Gasteiger partial charge in [-0.05, 0) is 41.8 Å². The lowest BCUT2D eigenvalue weighted by molar-refractivity contribution is -0.140. The van der Waals surface area contributed by atoms with Gasteiger partial charge in [-0.3, -0.25) is 19.3 Å². The topological polar surface area (TPSA) is 95.9 Å². The summed E-state index contributed by atoms with van der Waals surface area (Å²) in [6.07, 6.45) is 1.60. The molecule has 1 saturated heterocycles. The molecule has 1 heterocycles. The molecule has 3 aromatic rings. The number of carboxylic acid groups (broad SMARTS) is 1. The van der Waals surface area contributed by atoms with E-state index in [9.17, 15) is 14.4 Å². The summed E-state index contributed by atoms with van der Waals surface area (Å²) in [6.45, 7) is 1.68. The highest BCUT2D eigenvalue weighted by atomic mass is 32.2. The molecule has 9 heteroatoms. The highest BCUT2D eigenvalue weighted by Crippen LogP contribution is 2.33. The lowest BCUT2D eigenvalue weighted by Crippen LogP contribution is -2.33. The summed E-state index contributed by atoms with van der Waals surface area (Å²) >= 11 is 6.20. The standard InChI is InChI=1S/C28H24N2O5S2/c1-18(21-10-6-3-7-11-21)29-26(33)22-14-20(12-13-23(22)35-17-19-8-4-2-5-9-19)15-24-27(34)30(16-25(31)32)28(36)37-24/h2-15,18H,16-17H2,1H3,(H,29,33)(H,31,32)/b24-15-. The second kappa shape index (κ2) is 11.9. The Morgan fingerprint density at radius 2 is 1.76 bits per heavy atom. The minimum atomic E-state index is -1.15. The van der Waals surface area contributed by atoms with E-state index < -0.39 is 18.4 Å². The third kappa shape index (κ3) is 6.63. The van der Waals surface area contributed by atoms with Crippen molar-refractivity contribution in [1.82, 2.24) is 10.2 Å². The fourth-order valence-electron chi connectivity index (χ4n) is 3.70. The molecule has 0 aromatic heterocycles. The fourth-order valence-corrected chi connectivity index (χ4v) is 4.95. The third-order valence-corrected chi connectivity index (χ3v) is 6.98. The average Bonchev–Trinajstić information content (AvgIpc) is 3.15. The number of benzene rings is 3. The van der Waals surface area contributed by atoms with Crippen molar-refractivity contribution in [2.75, 3.05) is 6.54 Å². The van der Waals surface area contributed by atoms with Gasteiger partial charge < -0.3 is 15.2 Å². The van der Waals surface area contributed by atoms with Crippen LogP contribution in [0.4, 0.5) is 0 Å². The van der Waals surface area contributed by atoms with Gasteiger partial charge in [0.05, 0.1) is 16.5 Å². The van der Waals surface area contributed by atoms with Crippen LogP contribution in [0.3, 0.4) is 0 Å². The smallest absolute Gasteiger partial charge is 0.323 e. The Morgan fingerprint density at radius 3 is 2.43 bits per heavy atom. The van der Waals surface area contributed by atoms with E-state index in [1.165, 1.54) is 0 Å². The van der Waals surface area contributed by atoms with Crippen molar-refractivity contribution in [3.05, 3.63) is 106 Å². The summed E-state index contributed by atoms with van der Waals surface area (Å²) in [5.74, 6) is -1.56. The van der Waals surface area contributed by atoms with Crippen molar-refractivity contribution in [1.29, 1.82) is 0 Å². The molecule has 3 aromatic carbocycles. The first-order valence-corrected chi connectivity index (χ1v) is 12.7. The van der Waals surface area contributed by atoms with Crippen LogP contribution in [0.15, 0.2) is 83.8 Å². The van der Waals surface area contributed by atoms with Gasteiger partial charge in [-0.25, -0.2) is 0 Å². The predicted molar refractivity (Wildman–Crippen MR) is 147 cm³/mol. The first-order valence-electron chi connectivity index (χ1n) is 11.5. The zero-order valence-electron chi connectivity index (χ0n) is 19.9. The average molecular weight is 533 g/mol. The van der Waals surface area contributed by atoms with Gasteiger partial charge in [-0.2, -0.15) is 0 Å². The number of ether oxygens (including phenoxy) is 1. The third-order valence-electron chi connectivity index (χ3n) is 5.60. The van der Waals surface area contributed by atoms with Crippen molar-refractivity contribution in [3.63, 3.8) is 0 Å². The maximum Gasteiger partial charge on any atom is 0.323 e. The second-order valence-electron chi connectivity index (χ2n) is 8.30. The van der Waals surface area contributed by atoms with Crippen LogP contribution in [0.25, 0.3) is 6.08 Å². The van der Waals surface area contributed by atoms with E-state index in [0.717, 1.165) is 27.8 Å². The molecule has 0 aliphatic carbocycles. The highest BCUT2D eigenvalue weighted by molar-refractivity contribution is 8.26. The summed E-state index contributed by atoms with van der Waals surface area (Å²) in [5, 5.41) is 12.1. The first kappa shape index (κ1) is 26.1. The van der Waals surface area contributed by atoms with E-state index in [1.807, 2.05) is 67.6 Å². The number of aliphatic carboxylic acids is 1. The molecule has 188 valence electrons. The van der Waals surface area contributed by atoms with Crippen LogP contribution >= 0.6 is 24.0 Å². The number of thioether (sulfide) groups is 1. The van der Waals surface area contributed by atoms with Crippen LogP contribution < -0.4 is 10.1 Å². The Balaban J connectivity index is 1.61. The second-order valence-corrected chi connectivity index (χ2v) is 9.97. The molecule has 1 unspecified atom stereocenters. The van der Waals surface area contributed by atoms with Gasteiger partial charge in [0.15, 0.2) is 0 Å². The van der Waals surface area contributed by atoms with Gasteiger partial charge in [0.25, 0.3) is 11.8 Å². The Hall–Kier alpha value is -3.95. The van der Waals surface area contributed by atoms with Crippen LogP contribution in [0.1, 0.15) is 40.0 Å². The maximum absolute atomic E-state index is 13.4. The van der Waals surface area contributed by atoms with Crippen molar-refractivity contribution in [3.8, 4) is 5.75 Å². The number of nitrogens with one attached hydrogen (secondary N) is 1.